The molecule has 5 rings (SSSR count). The zero-order valence-corrected chi connectivity index (χ0v) is 15.7. The number of nitrogens with one attached hydrogen (secondary N) is 1. The summed E-state index contributed by atoms with van der Waals surface area (Å²) in [4.78, 5) is 19.1. The number of hydrogen-bond donors (Lipinski definition) is 1. The number of fused-ring (bicyclic) bond motifs is 1. The fourth-order valence-corrected chi connectivity index (χ4v) is 4.63. The van der Waals surface area contributed by atoms with Crippen molar-refractivity contribution in [1.29, 1.82) is 0 Å². The van der Waals surface area contributed by atoms with E-state index < -0.39 is 0 Å². The number of aromatic nitrogens is 3. The summed E-state index contributed by atoms with van der Waals surface area (Å²) in [7, 11) is 0. The van der Waals surface area contributed by atoms with Gasteiger partial charge < -0.3 is 10.2 Å². The predicted octanol–water partition coefficient (Wildman–Crippen LogP) is 3.89. The molecule has 0 bridgehead atoms. The molecule has 1 saturated heterocycles. The second-order valence-corrected chi connectivity index (χ2v) is 8.04. The second kappa shape index (κ2) is 6.75. The van der Waals surface area contributed by atoms with E-state index in [9.17, 15) is 0 Å². The minimum Gasteiger partial charge on any atom is -0.368 e. The highest BCUT2D eigenvalue weighted by atomic mass is 32.1. The van der Waals surface area contributed by atoms with Gasteiger partial charge in [-0.15, -0.1) is 22.7 Å². The first-order chi connectivity index (χ1) is 12.9. The van der Waals surface area contributed by atoms with Crippen molar-refractivity contribution in [3.8, 4) is 21.1 Å². The lowest BCUT2D eigenvalue weighted by molar-refractivity contribution is 0.589. The Hall–Kier alpha value is -2.35. The van der Waals surface area contributed by atoms with Crippen LogP contribution in [0.15, 0.2) is 47.3 Å². The van der Waals surface area contributed by atoms with Crippen LogP contribution in [-0.4, -0.2) is 41.1 Å². The van der Waals surface area contributed by atoms with Gasteiger partial charge in [-0.25, -0.2) is 15.0 Å². The Morgan fingerprint density at radius 2 is 1.62 bits per heavy atom. The quantitative estimate of drug-likeness (QED) is 0.585. The third-order valence-corrected chi connectivity index (χ3v) is 6.25. The Morgan fingerprint density at radius 1 is 0.923 bits per heavy atom. The molecule has 4 aromatic heterocycles. The maximum absolute atomic E-state index is 4.98. The number of rotatable bonds is 3. The molecule has 26 heavy (non-hydrogen) atoms. The van der Waals surface area contributed by atoms with E-state index >= 15 is 0 Å². The molecule has 1 N–H and O–H groups in total. The van der Waals surface area contributed by atoms with Gasteiger partial charge in [-0.1, -0.05) is 12.1 Å². The molecule has 0 spiro atoms. The number of nitrogens with zero attached hydrogens (tertiary/aromatic N) is 4. The van der Waals surface area contributed by atoms with E-state index in [-0.39, 0.29) is 0 Å². The Labute approximate surface area is 159 Å². The van der Waals surface area contributed by atoms with Crippen LogP contribution in [-0.2, 0) is 0 Å². The Morgan fingerprint density at radius 3 is 2.27 bits per heavy atom. The van der Waals surface area contributed by atoms with E-state index in [1.165, 1.54) is 0 Å². The molecule has 5 heterocycles. The van der Waals surface area contributed by atoms with E-state index in [4.69, 9.17) is 9.97 Å². The molecule has 0 amide bonds. The third-order valence-electron chi connectivity index (χ3n) is 4.50. The van der Waals surface area contributed by atoms with Crippen molar-refractivity contribution in [2.45, 2.75) is 0 Å². The van der Waals surface area contributed by atoms with Crippen LogP contribution in [0, 0.1) is 0 Å². The van der Waals surface area contributed by atoms with E-state index in [0.717, 1.165) is 58.5 Å². The van der Waals surface area contributed by atoms with Gasteiger partial charge in [0.15, 0.2) is 5.65 Å². The summed E-state index contributed by atoms with van der Waals surface area (Å²) >= 11 is 3.37. The first kappa shape index (κ1) is 15.9. The van der Waals surface area contributed by atoms with Crippen molar-refractivity contribution in [1.82, 2.24) is 20.3 Å². The van der Waals surface area contributed by atoms with E-state index in [1.54, 1.807) is 22.7 Å². The van der Waals surface area contributed by atoms with Gasteiger partial charge in [0.1, 0.15) is 16.9 Å². The Kier molecular flexibility index (Phi) is 4.12. The molecule has 0 aliphatic carbocycles. The Bertz CT molecular complexity index is 1020. The normalized spacial score (nSPS) is 14.8. The third kappa shape index (κ3) is 2.88. The zero-order chi connectivity index (χ0) is 17.3. The summed E-state index contributed by atoms with van der Waals surface area (Å²) in [5.41, 5.74) is 4.53. The molecule has 1 aliphatic heterocycles. The van der Waals surface area contributed by atoms with Gasteiger partial charge in [-0.05, 0) is 29.0 Å². The average Bonchev–Trinajstić information content (AvgIpc) is 3.41. The van der Waals surface area contributed by atoms with Gasteiger partial charge >= 0.3 is 0 Å². The number of piperazine rings is 1. The lowest BCUT2D eigenvalue weighted by atomic mass is 10.2. The van der Waals surface area contributed by atoms with Gasteiger partial charge in [-0.2, -0.15) is 0 Å². The molecule has 1 aliphatic rings. The molecule has 1 fully saturated rings. The van der Waals surface area contributed by atoms with Gasteiger partial charge in [0.05, 0.1) is 21.6 Å². The fourth-order valence-electron chi connectivity index (χ4n) is 3.20. The standard InChI is InChI=1S/C19H17N5S2/c1-3-15(25-9-1)17-18(16-4-2-10-26-16)23-19-14(22-17)11-13(12-21-19)24-7-5-20-6-8-24/h1-4,9-12,20H,5-8H2. The maximum Gasteiger partial charge on any atom is 0.178 e. The van der Waals surface area contributed by atoms with Crippen LogP contribution < -0.4 is 10.2 Å². The zero-order valence-electron chi connectivity index (χ0n) is 14.1. The maximum atomic E-state index is 4.98. The number of pyridine rings is 1. The van der Waals surface area contributed by atoms with Crippen LogP contribution >= 0.6 is 22.7 Å². The first-order valence-corrected chi connectivity index (χ1v) is 10.4. The summed E-state index contributed by atoms with van der Waals surface area (Å²) in [6, 6.07) is 10.4. The van der Waals surface area contributed by atoms with Crippen LogP contribution in [0.2, 0.25) is 0 Å². The molecule has 0 saturated carbocycles. The molecule has 7 heteroatoms. The molecule has 0 radical (unpaired) electrons. The second-order valence-electron chi connectivity index (χ2n) is 6.15. The van der Waals surface area contributed by atoms with Gasteiger partial charge in [-0.3, -0.25) is 0 Å². The lowest BCUT2D eigenvalue weighted by Crippen LogP contribution is -2.43. The molecule has 130 valence electrons. The first-order valence-electron chi connectivity index (χ1n) is 8.60. The largest absolute Gasteiger partial charge is 0.368 e. The van der Waals surface area contributed by atoms with Crippen molar-refractivity contribution in [2.75, 3.05) is 31.1 Å². The smallest absolute Gasteiger partial charge is 0.178 e. The summed E-state index contributed by atoms with van der Waals surface area (Å²) < 4.78 is 0. The van der Waals surface area contributed by atoms with Crippen LogP contribution in [0.1, 0.15) is 0 Å². The van der Waals surface area contributed by atoms with Crippen molar-refractivity contribution >= 4 is 39.5 Å². The summed E-state index contributed by atoms with van der Waals surface area (Å²) in [6.45, 7) is 3.99. The van der Waals surface area contributed by atoms with Crippen molar-refractivity contribution < 1.29 is 0 Å². The van der Waals surface area contributed by atoms with E-state index in [1.807, 2.05) is 12.3 Å². The number of anilines is 1. The summed E-state index contributed by atoms with van der Waals surface area (Å²) in [5.74, 6) is 0. The molecule has 4 aromatic rings. The van der Waals surface area contributed by atoms with Crippen LogP contribution in [0.3, 0.4) is 0 Å². The van der Waals surface area contributed by atoms with Crippen molar-refractivity contribution in [3.05, 3.63) is 47.3 Å². The minimum absolute atomic E-state index is 0.701. The van der Waals surface area contributed by atoms with Crippen LogP contribution in [0.25, 0.3) is 32.3 Å². The van der Waals surface area contributed by atoms with Gasteiger partial charge in [0, 0.05) is 26.2 Å². The number of thiophene rings is 2. The highest BCUT2D eigenvalue weighted by Crippen LogP contribution is 2.35. The van der Waals surface area contributed by atoms with E-state index in [0.29, 0.717) is 5.65 Å². The fraction of sp³-hybridized carbons (Fsp3) is 0.211. The monoisotopic (exact) mass is 379 g/mol. The topological polar surface area (TPSA) is 53.9 Å². The molecular formula is C19H17N5S2. The number of hydrogen-bond acceptors (Lipinski definition) is 7. The van der Waals surface area contributed by atoms with Gasteiger partial charge in [0.2, 0.25) is 0 Å². The average molecular weight is 380 g/mol. The van der Waals surface area contributed by atoms with Crippen molar-refractivity contribution in [3.63, 3.8) is 0 Å². The highest BCUT2D eigenvalue weighted by molar-refractivity contribution is 7.14. The van der Waals surface area contributed by atoms with Crippen LogP contribution in [0.5, 0.6) is 0 Å². The molecule has 0 atom stereocenters. The summed E-state index contributed by atoms with van der Waals surface area (Å²) in [5, 5.41) is 7.53. The Balaban J connectivity index is 1.67. The SMILES string of the molecule is c1csc(-c2nc3cc(N4CCNCC4)cnc3nc2-c2cccs2)c1. The minimum atomic E-state index is 0.701. The van der Waals surface area contributed by atoms with Crippen molar-refractivity contribution in [2.24, 2.45) is 0 Å². The van der Waals surface area contributed by atoms with Gasteiger partial charge in [0.25, 0.3) is 0 Å². The predicted molar refractivity (Wildman–Crippen MR) is 109 cm³/mol. The van der Waals surface area contributed by atoms with E-state index in [2.05, 4.69) is 50.2 Å². The molecule has 5 nitrogen and oxygen atoms in total. The summed E-state index contributed by atoms with van der Waals surface area (Å²) in [6.07, 6.45) is 1.92. The molecule has 0 aromatic carbocycles. The molecular weight excluding hydrogens is 362 g/mol. The van der Waals surface area contributed by atoms with Crippen LogP contribution in [0.4, 0.5) is 5.69 Å². The molecule has 0 unspecified atom stereocenters. The lowest BCUT2D eigenvalue weighted by Gasteiger charge is -2.29. The highest BCUT2D eigenvalue weighted by Gasteiger charge is 2.17.